The average Bonchev–Trinajstić information content (AvgIpc) is 3.02. The molecule has 6 nitrogen and oxygen atoms in total. The SMILES string of the molecule is Cc1cnn(C(C)C(C)NC(C)c2nc(C3CC3)no2)c1. The van der Waals surface area contributed by atoms with Gasteiger partial charge < -0.3 is 9.84 Å². The van der Waals surface area contributed by atoms with E-state index in [1.165, 1.54) is 18.4 Å². The minimum atomic E-state index is 0.0408. The highest BCUT2D eigenvalue weighted by Gasteiger charge is 2.30. The molecule has 2 heterocycles. The fourth-order valence-electron chi connectivity index (χ4n) is 2.42. The molecule has 114 valence electrons. The molecule has 0 spiro atoms. The number of rotatable bonds is 6. The lowest BCUT2D eigenvalue weighted by Crippen LogP contribution is -2.35. The molecule has 0 bridgehead atoms. The van der Waals surface area contributed by atoms with Crippen molar-refractivity contribution in [2.24, 2.45) is 0 Å². The predicted octanol–water partition coefficient (Wildman–Crippen LogP) is 2.75. The zero-order valence-electron chi connectivity index (χ0n) is 13.1. The maximum absolute atomic E-state index is 5.37. The molecule has 0 aliphatic heterocycles. The average molecular weight is 289 g/mol. The van der Waals surface area contributed by atoms with Crippen LogP contribution in [0.1, 0.15) is 68.9 Å². The Labute approximate surface area is 124 Å². The van der Waals surface area contributed by atoms with Gasteiger partial charge in [-0.25, -0.2) is 0 Å². The second kappa shape index (κ2) is 5.60. The summed E-state index contributed by atoms with van der Waals surface area (Å²) in [6, 6.07) is 0.543. The molecular weight excluding hydrogens is 266 g/mol. The Morgan fingerprint density at radius 2 is 2.10 bits per heavy atom. The maximum atomic E-state index is 5.37. The van der Waals surface area contributed by atoms with Crippen molar-refractivity contribution in [2.45, 2.75) is 64.6 Å². The van der Waals surface area contributed by atoms with Crippen LogP contribution in [0, 0.1) is 6.92 Å². The highest BCUT2D eigenvalue weighted by atomic mass is 16.5. The fourth-order valence-corrected chi connectivity index (χ4v) is 2.42. The largest absolute Gasteiger partial charge is 0.338 e. The number of hydrogen-bond acceptors (Lipinski definition) is 5. The van der Waals surface area contributed by atoms with Gasteiger partial charge in [0.2, 0.25) is 5.89 Å². The van der Waals surface area contributed by atoms with Crippen molar-refractivity contribution in [1.29, 1.82) is 0 Å². The highest BCUT2D eigenvalue weighted by Crippen LogP contribution is 2.38. The molecule has 3 rings (SSSR count). The Kier molecular flexibility index (Phi) is 3.80. The number of nitrogens with zero attached hydrogens (tertiary/aromatic N) is 4. The van der Waals surface area contributed by atoms with E-state index in [1.807, 2.05) is 10.9 Å². The van der Waals surface area contributed by atoms with Gasteiger partial charge in [-0.05, 0) is 46.1 Å². The molecule has 1 aliphatic carbocycles. The van der Waals surface area contributed by atoms with Crippen LogP contribution < -0.4 is 5.32 Å². The second-order valence-electron chi connectivity index (χ2n) is 6.18. The topological polar surface area (TPSA) is 68.8 Å². The minimum absolute atomic E-state index is 0.0408. The summed E-state index contributed by atoms with van der Waals surface area (Å²) < 4.78 is 7.36. The molecular formula is C15H23N5O. The van der Waals surface area contributed by atoms with Crippen LogP contribution in [0.25, 0.3) is 0 Å². The van der Waals surface area contributed by atoms with E-state index in [0.29, 0.717) is 11.8 Å². The van der Waals surface area contributed by atoms with Crippen LogP contribution in [0.2, 0.25) is 0 Å². The first-order valence-corrected chi connectivity index (χ1v) is 7.65. The summed E-state index contributed by atoms with van der Waals surface area (Å²) in [5.74, 6) is 2.06. The summed E-state index contributed by atoms with van der Waals surface area (Å²) in [6.07, 6.45) is 6.32. The maximum Gasteiger partial charge on any atom is 0.243 e. The normalized spacial score (nSPS) is 19.4. The summed E-state index contributed by atoms with van der Waals surface area (Å²) in [4.78, 5) is 4.50. The minimum Gasteiger partial charge on any atom is -0.338 e. The molecule has 1 fully saturated rings. The number of aromatic nitrogens is 4. The third-order valence-electron chi connectivity index (χ3n) is 4.15. The molecule has 3 atom stereocenters. The molecule has 1 aliphatic rings. The van der Waals surface area contributed by atoms with Gasteiger partial charge >= 0.3 is 0 Å². The van der Waals surface area contributed by atoms with Crippen LogP contribution in [0.15, 0.2) is 16.9 Å². The molecule has 0 radical (unpaired) electrons. The molecule has 0 aromatic carbocycles. The van der Waals surface area contributed by atoms with Crippen LogP contribution in [0.5, 0.6) is 0 Å². The van der Waals surface area contributed by atoms with Gasteiger partial charge in [0.25, 0.3) is 0 Å². The third-order valence-corrected chi connectivity index (χ3v) is 4.15. The first-order chi connectivity index (χ1) is 10.0. The lowest BCUT2D eigenvalue weighted by Gasteiger charge is -2.24. The molecule has 0 amide bonds. The molecule has 1 saturated carbocycles. The van der Waals surface area contributed by atoms with Crippen molar-refractivity contribution < 1.29 is 4.52 Å². The second-order valence-corrected chi connectivity index (χ2v) is 6.18. The number of nitrogens with one attached hydrogen (secondary N) is 1. The summed E-state index contributed by atoms with van der Waals surface area (Å²) >= 11 is 0. The van der Waals surface area contributed by atoms with Gasteiger partial charge in [-0.2, -0.15) is 10.1 Å². The van der Waals surface area contributed by atoms with E-state index < -0.39 is 0 Å². The van der Waals surface area contributed by atoms with Crippen molar-refractivity contribution in [3.8, 4) is 0 Å². The predicted molar refractivity (Wildman–Crippen MR) is 79.0 cm³/mol. The monoisotopic (exact) mass is 289 g/mol. The van der Waals surface area contributed by atoms with Crippen molar-refractivity contribution in [3.63, 3.8) is 0 Å². The van der Waals surface area contributed by atoms with Crippen LogP contribution in [0.3, 0.4) is 0 Å². The van der Waals surface area contributed by atoms with E-state index in [9.17, 15) is 0 Å². The van der Waals surface area contributed by atoms with Crippen molar-refractivity contribution in [1.82, 2.24) is 25.2 Å². The van der Waals surface area contributed by atoms with Crippen LogP contribution in [-0.2, 0) is 0 Å². The Morgan fingerprint density at radius 1 is 1.33 bits per heavy atom. The zero-order valence-corrected chi connectivity index (χ0v) is 13.1. The number of hydrogen-bond donors (Lipinski definition) is 1. The van der Waals surface area contributed by atoms with Gasteiger partial charge in [-0.1, -0.05) is 5.16 Å². The van der Waals surface area contributed by atoms with E-state index in [4.69, 9.17) is 4.52 Å². The molecule has 6 heteroatoms. The van der Waals surface area contributed by atoms with E-state index in [0.717, 1.165) is 5.82 Å². The Bertz CT molecular complexity index is 601. The standard InChI is InChI=1S/C15H23N5O/c1-9-7-16-20(8-9)12(4)10(2)17-11(3)15-18-14(19-21-15)13-5-6-13/h7-8,10-13,17H,5-6H2,1-4H3. The summed E-state index contributed by atoms with van der Waals surface area (Å²) in [5.41, 5.74) is 1.17. The Morgan fingerprint density at radius 3 is 2.71 bits per heavy atom. The van der Waals surface area contributed by atoms with Gasteiger partial charge in [-0.15, -0.1) is 0 Å². The lowest BCUT2D eigenvalue weighted by molar-refractivity contribution is 0.291. The van der Waals surface area contributed by atoms with Crippen LogP contribution in [-0.4, -0.2) is 26.0 Å². The first kappa shape index (κ1) is 14.3. The van der Waals surface area contributed by atoms with E-state index in [2.05, 4.69) is 54.4 Å². The van der Waals surface area contributed by atoms with Gasteiger partial charge in [0.1, 0.15) is 0 Å². The summed E-state index contributed by atoms with van der Waals surface area (Å²) in [6.45, 7) is 8.41. The van der Waals surface area contributed by atoms with Gasteiger partial charge in [0.05, 0.1) is 18.3 Å². The molecule has 21 heavy (non-hydrogen) atoms. The number of aryl methyl sites for hydroxylation is 1. The van der Waals surface area contributed by atoms with E-state index in [1.54, 1.807) is 0 Å². The zero-order chi connectivity index (χ0) is 15.0. The Hall–Kier alpha value is -1.69. The molecule has 2 aromatic heterocycles. The van der Waals surface area contributed by atoms with Gasteiger partial charge in [-0.3, -0.25) is 4.68 Å². The van der Waals surface area contributed by atoms with Crippen LogP contribution >= 0.6 is 0 Å². The van der Waals surface area contributed by atoms with Crippen LogP contribution in [0.4, 0.5) is 0 Å². The molecule has 0 saturated heterocycles. The third kappa shape index (κ3) is 3.15. The Balaban J connectivity index is 1.61. The molecule has 1 N–H and O–H groups in total. The fraction of sp³-hybridized carbons (Fsp3) is 0.667. The van der Waals surface area contributed by atoms with E-state index >= 15 is 0 Å². The first-order valence-electron chi connectivity index (χ1n) is 7.65. The highest BCUT2D eigenvalue weighted by molar-refractivity contribution is 5.05. The lowest BCUT2D eigenvalue weighted by atomic mass is 10.1. The van der Waals surface area contributed by atoms with Gasteiger partial charge in [0, 0.05) is 18.2 Å². The quantitative estimate of drug-likeness (QED) is 0.885. The summed E-state index contributed by atoms with van der Waals surface area (Å²) in [5, 5.41) is 12.0. The molecule has 2 aromatic rings. The van der Waals surface area contributed by atoms with E-state index in [-0.39, 0.29) is 18.1 Å². The van der Waals surface area contributed by atoms with Crippen molar-refractivity contribution >= 4 is 0 Å². The summed E-state index contributed by atoms with van der Waals surface area (Å²) in [7, 11) is 0. The van der Waals surface area contributed by atoms with Crippen molar-refractivity contribution in [3.05, 3.63) is 29.7 Å². The smallest absolute Gasteiger partial charge is 0.243 e. The van der Waals surface area contributed by atoms with Gasteiger partial charge in [0.15, 0.2) is 5.82 Å². The van der Waals surface area contributed by atoms with Crippen molar-refractivity contribution in [2.75, 3.05) is 0 Å². The molecule has 3 unspecified atom stereocenters.